The van der Waals surface area contributed by atoms with E-state index in [4.69, 9.17) is 23.2 Å². The molecule has 2 aliphatic rings. The van der Waals surface area contributed by atoms with Crippen LogP contribution in [-0.2, 0) is 9.59 Å². The first kappa shape index (κ1) is 23.4. The lowest BCUT2D eigenvalue weighted by Crippen LogP contribution is -2.32. The first-order valence-electron chi connectivity index (χ1n) is 10.5. The lowest BCUT2D eigenvalue weighted by Gasteiger charge is -2.33. The van der Waals surface area contributed by atoms with Crippen molar-refractivity contribution < 1.29 is 9.59 Å². The van der Waals surface area contributed by atoms with Gasteiger partial charge < -0.3 is 10.6 Å². The van der Waals surface area contributed by atoms with Crippen LogP contribution < -0.4 is 10.6 Å². The van der Waals surface area contributed by atoms with Gasteiger partial charge >= 0.3 is 0 Å². The maximum atomic E-state index is 12.9. The maximum Gasteiger partial charge on any atom is 0.234 e. The second kappa shape index (κ2) is 10.0. The number of nitriles is 1. The molecular formula is C25H21Cl2N3O2S. The Morgan fingerprint density at radius 2 is 1.97 bits per heavy atom. The topological polar surface area (TPSA) is 82.0 Å². The number of thioether (sulfide) groups is 1. The van der Waals surface area contributed by atoms with Crippen molar-refractivity contribution >= 4 is 52.3 Å². The first-order valence-corrected chi connectivity index (χ1v) is 12.2. The van der Waals surface area contributed by atoms with E-state index in [1.54, 1.807) is 18.2 Å². The Morgan fingerprint density at radius 3 is 2.70 bits per heavy atom. The number of dihydropyridines is 1. The molecule has 1 unspecified atom stereocenters. The molecule has 5 nitrogen and oxygen atoms in total. The molecule has 2 aromatic carbocycles. The van der Waals surface area contributed by atoms with E-state index in [2.05, 4.69) is 16.7 Å². The fourth-order valence-corrected chi connectivity index (χ4v) is 5.34. The molecule has 1 heterocycles. The van der Waals surface area contributed by atoms with E-state index < -0.39 is 5.92 Å². The molecule has 4 rings (SSSR count). The number of hydrogen-bond acceptors (Lipinski definition) is 5. The van der Waals surface area contributed by atoms with E-state index >= 15 is 0 Å². The van der Waals surface area contributed by atoms with Gasteiger partial charge in [0.05, 0.1) is 38.4 Å². The van der Waals surface area contributed by atoms with Crippen molar-refractivity contribution in [3.05, 3.63) is 85.5 Å². The van der Waals surface area contributed by atoms with Crippen LogP contribution in [0, 0.1) is 18.3 Å². The Balaban J connectivity index is 1.65. The quantitative estimate of drug-likeness (QED) is 0.521. The fraction of sp³-hybridized carbons (Fsp3) is 0.240. The highest BCUT2D eigenvalue weighted by Crippen LogP contribution is 2.46. The Hall–Kier alpha value is -2.72. The molecule has 1 aliphatic heterocycles. The van der Waals surface area contributed by atoms with Crippen LogP contribution in [0.4, 0.5) is 5.69 Å². The predicted molar refractivity (Wildman–Crippen MR) is 133 cm³/mol. The van der Waals surface area contributed by atoms with E-state index in [-0.39, 0.29) is 17.4 Å². The third kappa shape index (κ3) is 4.96. The largest absolute Gasteiger partial charge is 0.352 e. The normalized spacial score (nSPS) is 17.9. The van der Waals surface area contributed by atoms with Gasteiger partial charge in [-0.25, -0.2) is 0 Å². The van der Waals surface area contributed by atoms with Crippen LogP contribution in [0.25, 0.3) is 0 Å². The number of nitrogens with zero attached hydrogens (tertiary/aromatic N) is 1. The Labute approximate surface area is 206 Å². The monoisotopic (exact) mass is 497 g/mol. The highest BCUT2D eigenvalue weighted by Gasteiger charge is 2.38. The minimum atomic E-state index is -0.618. The van der Waals surface area contributed by atoms with Crippen LogP contribution in [0.3, 0.4) is 0 Å². The number of rotatable bonds is 5. The van der Waals surface area contributed by atoms with Gasteiger partial charge in [-0.15, -0.1) is 0 Å². The SMILES string of the molecule is Cc1ccc(NC(=O)CSC2=C(C#N)C(c3cccc(Cl)c3Cl)C3=C(CCCC3=O)N2)cc1. The van der Waals surface area contributed by atoms with Crippen molar-refractivity contribution in [1.82, 2.24) is 5.32 Å². The molecule has 1 atom stereocenters. The second-order valence-electron chi connectivity index (χ2n) is 7.93. The average Bonchev–Trinajstić information content (AvgIpc) is 2.80. The van der Waals surface area contributed by atoms with E-state index in [0.29, 0.717) is 50.3 Å². The summed E-state index contributed by atoms with van der Waals surface area (Å²) in [5.74, 6) is -0.701. The summed E-state index contributed by atoms with van der Waals surface area (Å²) in [6.45, 7) is 1.98. The Morgan fingerprint density at radius 1 is 1.21 bits per heavy atom. The zero-order chi connectivity index (χ0) is 23.5. The number of amides is 1. The van der Waals surface area contributed by atoms with Crippen LogP contribution in [-0.4, -0.2) is 17.4 Å². The second-order valence-corrected chi connectivity index (χ2v) is 9.70. The van der Waals surface area contributed by atoms with Crippen molar-refractivity contribution in [2.75, 3.05) is 11.1 Å². The molecule has 0 spiro atoms. The van der Waals surface area contributed by atoms with Crippen molar-refractivity contribution in [1.29, 1.82) is 5.26 Å². The third-order valence-corrected chi connectivity index (χ3v) is 7.49. The zero-order valence-corrected chi connectivity index (χ0v) is 20.2. The van der Waals surface area contributed by atoms with Gasteiger partial charge in [-0.05, 0) is 43.5 Å². The number of anilines is 1. The number of aryl methyl sites for hydroxylation is 1. The van der Waals surface area contributed by atoms with Gasteiger partial charge in [-0.2, -0.15) is 5.26 Å². The predicted octanol–water partition coefficient (Wildman–Crippen LogP) is 6.10. The summed E-state index contributed by atoms with van der Waals surface area (Å²) in [6.07, 6.45) is 1.85. The van der Waals surface area contributed by atoms with Gasteiger partial charge in [0.25, 0.3) is 0 Å². The van der Waals surface area contributed by atoms with E-state index in [1.807, 2.05) is 31.2 Å². The van der Waals surface area contributed by atoms with Gasteiger partial charge in [0.1, 0.15) is 0 Å². The van der Waals surface area contributed by atoms with Crippen molar-refractivity contribution in [3.8, 4) is 6.07 Å². The number of halogens is 2. The average molecular weight is 498 g/mol. The molecule has 2 aromatic rings. The molecule has 2 N–H and O–H groups in total. The third-order valence-electron chi connectivity index (χ3n) is 5.64. The van der Waals surface area contributed by atoms with Gasteiger partial charge in [-0.3, -0.25) is 9.59 Å². The molecule has 8 heteroatoms. The van der Waals surface area contributed by atoms with Crippen molar-refractivity contribution in [2.45, 2.75) is 32.1 Å². The molecule has 0 bridgehead atoms. The molecular weight excluding hydrogens is 477 g/mol. The van der Waals surface area contributed by atoms with Gasteiger partial charge in [0.15, 0.2) is 5.78 Å². The standard InChI is InChI=1S/C25H21Cl2N3O2S/c1-14-8-10-15(11-9-14)29-21(32)13-33-25-17(12-28)22(16-4-2-5-18(26)24(16)27)23-19(30-25)6-3-7-20(23)31/h2,4-5,8-11,22,30H,3,6-7,13H2,1H3,(H,29,32). The molecule has 1 aliphatic carbocycles. The smallest absolute Gasteiger partial charge is 0.234 e. The molecule has 33 heavy (non-hydrogen) atoms. The highest BCUT2D eigenvalue weighted by molar-refractivity contribution is 8.03. The van der Waals surface area contributed by atoms with E-state index in [9.17, 15) is 14.9 Å². The molecule has 1 amide bonds. The summed E-state index contributed by atoms with van der Waals surface area (Å²) in [5.41, 5.74) is 4.15. The summed E-state index contributed by atoms with van der Waals surface area (Å²) < 4.78 is 0. The van der Waals surface area contributed by atoms with Crippen LogP contribution >= 0.6 is 35.0 Å². The lowest BCUT2D eigenvalue weighted by atomic mass is 9.77. The summed E-state index contributed by atoms with van der Waals surface area (Å²) in [6, 6.07) is 15.0. The molecule has 168 valence electrons. The van der Waals surface area contributed by atoms with E-state index in [0.717, 1.165) is 17.7 Å². The number of carbonyl (C=O) groups excluding carboxylic acids is 2. The zero-order valence-electron chi connectivity index (χ0n) is 17.9. The summed E-state index contributed by atoms with van der Waals surface area (Å²) in [4.78, 5) is 25.4. The number of hydrogen-bond donors (Lipinski definition) is 2. The van der Waals surface area contributed by atoms with Crippen LogP contribution in [0.1, 0.15) is 36.3 Å². The lowest BCUT2D eigenvalue weighted by molar-refractivity contribution is -0.116. The molecule has 0 fully saturated rings. The summed E-state index contributed by atoms with van der Waals surface area (Å²) in [7, 11) is 0. The minimum Gasteiger partial charge on any atom is -0.352 e. The fourth-order valence-electron chi connectivity index (χ4n) is 4.06. The minimum absolute atomic E-state index is 0.00120. The van der Waals surface area contributed by atoms with Gasteiger partial charge in [0.2, 0.25) is 5.91 Å². The van der Waals surface area contributed by atoms with Crippen LogP contribution in [0.2, 0.25) is 10.0 Å². The summed E-state index contributed by atoms with van der Waals surface area (Å²) in [5, 5.41) is 17.5. The molecule has 0 saturated heterocycles. The number of ketones is 1. The summed E-state index contributed by atoms with van der Waals surface area (Å²) >= 11 is 14.0. The van der Waals surface area contributed by atoms with Crippen molar-refractivity contribution in [2.24, 2.45) is 0 Å². The molecule has 0 aromatic heterocycles. The van der Waals surface area contributed by atoms with Crippen molar-refractivity contribution in [3.63, 3.8) is 0 Å². The number of nitrogens with one attached hydrogen (secondary N) is 2. The van der Waals surface area contributed by atoms with Gasteiger partial charge in [-0.1, -0.05) is 64.8 Å². The number of Topliss-reactive ketones (excluding diaryl/α,β-unsaturated/α-hetero) is 1. The van der Waals surface area contributed by atoms with Gasteiger partial charge in [0, 0.05) is 23.4 Å². The van der Waals surface area contributed by atoms with Crippen LogP contribution in [0.15, 0.2) is 64.3 Å². The van der Waals surface area contributed by atoms with E-state index in [1.165, 1.54) is 11.8 Å². The number of allylic oxidation sites excluding steroid dienone is 3. The highest BCUT2D eigenvalue weighted by atomic mass is 35.5. The first-order chi connectivity index (χ1) is 15.9. The van der Waals surface area contributed by atoms with Crippen LogP contribution in [0.5, 0.6) is 0 Å². The number of benzene rings is 2. The maximum absolute atomic E-state index is 12.9. The molecule has 0 saturated carbocycles. The molecule has 0 radical (unpaired) electrons. The number of carbonyl (C=O) groups is 2. The Kier molecular flexibility index (Phi) is 7.14. The Bertz CT molecular complexity index is 1230.